The molecule has 1 aliphatic rings. The number of ether oxygens (including phenoxy) is 1. The van der Waals surface area contributed by atoms with Gasteiger partial charge in [0.25, 0.3) is 0 Å². The highest BCUT2D eigenvalue weighted by molar-refractivity contribution is 7.07. The Labute approximate surface area is 125 Å². The Morgan fingerprint density at radius 2 is 2.20 bits per heavy atom. The molecule has 0 aromatic carbocycles. The molecule has 3 unspecified atom stereocenters. The molecule has 1 aliphatic heterocycles. The molecule has 1 aromatic heterocycles. The molecule has 0 spiro atoms. The van der Waals surface area contributed by atoms with E-state index in [1.807, 2.05) is 11.8 Å². The van der Waals surface area contributed by atoms with Gasteiger partial charge in [0, 0.05) is 7.11 Å². The van der Waals surface area contributed by atoms with Crippen LogP contribution in [0.2, 0.25) is 0 Å². The van der Waals surface area contributed by atoms with E-state index in [9.17, 15) is 4.79 Å². The predicted molar refractivity (Wildman–Crippen MR) is 81.6 cm³/mol. The molecule has 0 saturated carbocycles. The van der Waals surface area contributed by atoms with Gasteiger partial charge in [-0.2, -0.15) is 11.3 Å². The molecule has 0 aliphatic carbocycles. The van der Waals surface area contributed by atoms with E-state index in [2.05, 4.69) is 36.0 Å². The SMILES string of the molecule is COCC(C)N1C(=O)C(CC(C)C)NC1c1ccsc1. The first kappa shape index (κ1) is 15.5. The maximum atomic E-state index is 12.7. The Kier molecular flexibility index (Phi) is 5.18. The molecule has 4 nitrogen and oxygen atoms in total. The Morgan fingerprint density at radius 3 is 2.75 bits per heavy atom. The van der Waals surface area contributed by atoms with E-state index in [0.29, 0.717) is 12.5 Å². The minimum absolute atomic E-state index is 0.0253. The summed E-state index contributed by atoms with van der Waals surface area (Å²) in [6.07, 6.45) is 0.845. The smallest absolute Gasteiger partial charge is 0.241 e. The molecule has 1 aromatic rings. The van der Waals surface area contributed by atoms with Crippen LogP contribution in [0.4, 0.5) is 0 Å². The van der Waals surface area contributed by atoms with Crippen molar-refractivity contribution in [2.75, 3.05) is 13.7 Å². The molecule has 112 valence electrons. The van der Waals surface area contributed by atoms with Crippen molar-refractivity contribution in [3.05, 3.63) is 22.4 Å². The van der Waals surface area contributed by atoms with Crippen LogP contribution in [-0.2, 0) is 9.53 Å². The van der Waals surface area contributed by atoms with E-state index < -0.39 is 0 Å². The number of amides is 1. The van der Waals surface area contributed by atoms with Gasteiger partial charge in [0.15, 0.2) is 0 Å². The second kappa shape index (κ2) is 6.70. The van der Waals surface area contributed by atoms with E-state index in [1.165, 1.54) is 0 Å². The Bertz CT molecular complexity index is 433. The summed E-state index contributed by atoms with van der Waals surface area (Å²) in [7, 11) is 1.68. The quantitative estimate of drug-likeness (QED) is 0.877. The number of nitrogens with one attached hydrogen (secondary N) is 1. The maximum Gasteiger partial charge on any atom is 0.241 e. The van der Waals surface area contributed by atoms with Crippen molar-refractivity contribution in [3.8, 4) is 0 Å². The largest absolute Gasteiger partial charge is 0.383 e. The molecule has 0 radical (unpaired) electrons. The highest BCUT2D eigenvalue weighted by Crippen LogP contribution is 2.30. The first-order chi connectivity index (χ1) is 9.54. The number of carbonyl (C=O) groups is 1. The van der Waals surface area contributed by atoms with E-state index in [4.69, 9.17) is 4.74 Å². The number of hydrogen-bond donors (Lipinski definition) is 1. The zero-order chi connectivity index (χ0) is 14.7. The highest BCUT2D eigenvalue weighted by atomic mass is 32.1. The van der Waals surface area contributed by atoms with Gasteiger partial charge in [0.2, 0.25) is 5.91 Å². The Morgan fingerprint density at radius 1 is 1.45 bits per heavy atom. The average molecular weight is 296 g/mol. The number of methoxy groups -OCH3 is 1. The fourth-order valence-corrected chi connectivity index (χ4v) is 3.45. The van der Waals surface area contributed by atoms with Crippen molar-refractivity contribution in [1.29, 1.82) is 0 Å². The number of thiophene rings is 1. The van der Waals surface area contributed by atoms with Crippen LogP contribution >= 0.6 is 11.3 Å². The summed E-state index contributed by atoms with van der Waals surface area (Å²) in [6.45, 7) is 6.90. The zero-order valence-corrected chi connectivity index (χ0v) is 13.4. The van der Waals surface area contributed by atoms with E-state index in [1.54, 1.807) is 18.4 Å². The normalized spacial score (nSPS) is 24.6. The fourth-order valence-electron chi connectivity index (χ4n) is 2.77. The van der Waals surface area contributed by atoms with Gasteiger partial charge in [0.1, 0.15) is 6.17 Å². The van der Waals surface area contributed by atoms with Crippen LogP contribution in [0, 0.1) is 5.92 Å². The van der Waals surface area contributed by atoms with Gasteiger partial charge in [-0.15, -0.1) is 0 Å². The lowest BCUT2D eigenvalue weighted by atomic mass is 10.0. The molecule has 1 saturated heterocycles. The van der Waals surface area contributed by atoms with Crippen molar-refractivity contribution in [2.45, 2.75) is 45.4 Å². The third-order valence-corrected chi connectivity index (χ3v) is 4.34. The van der Waals surface area contributed by atoms with Gasteiger partial charge in [0.05, 0.1) is 18.7 Å². The Balaban J connectivity index is 2.21. The number of carbonyl (C=O) groups excluding carboxylic acids is 1. The Hall–Kier alpha value is -0.910. The van der Waals surface area contributed by atoms with Crippen LogP contribution in [0.5, 0.6) is 0 Å². The van der Waals surface area contributed by atoms with Crippen molar-refractivity contribution < 1.29 is 9.53 Å². The third-order valence-electron chi connectivity index (χ3n) is 3.64. The summed E-state index contributed by atoms with van der Waals surface area (Å²) in [5.41, 5.74) is 1.16. The van der Waals surface area contributed by atoms with Crippen LogP contribution < -0.4 is 5.32 Å². The molecular weight excluding hydrogens is 272 g/mol. The first-order valence-electron chi connectivity index (χ1n) is 7.13. The first-order valence-corrected chi connectivity index (χ1v) is 8.08. The fraction of sp³-hybridized carbons (Fsp3) is 0.667. The van der Waals surface area contributed by atoms with Gasteiger partial charge in [-0.05, 0) is 41.7 Å². The second-order valence-corrected chi connectivity index (χ2v) is 6.64. The van der Waals surface area contributed by atoms with E-state index >= 15 is 0 Å². The highest BCUT2D eigenvalue weighted by Gasteiger charge is 2.42. The van der Waals surface area contributed by atoms with Gasteiger partial charge < -0.3 is 9.64 Å². The van der Waals surface area contributed by atoms with Crippen molar-refractivity contribution in [2.24, 2.45) is 5.92 Å². The monoisotopic (exact) mass is 296 g/mol. The van der Waals surface area contributed by atoms with Gasteiger partial charge in [-0.3, -0.25) is 10.1 Å². The summed E-state index contributed by atoms with van der Waals surface area (Å²) in [6, 6.07) is 2.07. The number of nitrogens with zero attached hydrogens (tertiary/aromatic N) is 1. The van der Waals surface area contributed by atoms with Crippen LogP contribution in [0.25, 0.3) is 0 Å². The number of hydrogen-bond acceptors (Lipinski definition) is 4. The van der Waals surface area contributed by atoms with E-state index in [-0.39, 0.29) is 24.2 Å². The van der Waals surface area contributed by atoms with Gasteiger partial charge >= 0.3 is 0 Å². The molecular formula is C15H24N2O2S. The van der Waals surface area contributed by atoms with Crippen LogP contribution in [0.15, 0.2) is 16.8 Å². The average Bonchev–Trinajstić information content (AvgIpc) is 2.98. The molecule has 3 atom stereocenters. The zero-order valence-electron chi connectivity index (χ0n) is 12.6. The molecule has 1 N–H and O–H groups in total. The van der Waals surface area contributed by atoms with Crippen molar-refractivity contribution in [3.63, 3.8) is 0 Å². The summed E-state index contributed by atoms with van der Waals surface area (Å²) < 4.78 is 5.23. The van der Waals surface area contributed by atoms with Crippen LogP contribution in [-0.4, -0.2) is 36.6 Å². The third kappa shape index (κ3) is 3.22. The molecule has 5 heteroatoms. The minimum Gasteiger partial charge on any atom is -0.383 e. The van der Waals surface area contributed by atoms with Crippen LogP contribution in [0.1, 0.15) is 38.9 Å². The molecule has 0 bridgehead atoms. The topological polar surface area (TPSA) is 41.6 Å². The maximum absolute atomic E-state index is 12.7. The molecule has 1 amide bonds. The van der Waals surface area contributed by atoms with Gasteiger partial charge in [-0.1, -0.05) is 13.8 Å². The minimum atomic E-state index is -0.0841. The summed E-state index contributed by atoms with van der Waals surface area (Å²) in [4.78, 5) is 14.6. The standard InChI is InChI=1S/C15H24N2O2S/c1-10(2)7-13-15(18)17(11(3)8-19-4)14(16-13)12-5-6-20-9-12/h5-6,9-11,13-14,16H,7-8H2,1-4H3. The van der Waals surface area contributed by atoms with E-state index in [0.717, 1.165) is 12.0 Å². The van der Waals surface area contributed by atoms with Crippen LogP contribution in [0.3, 0.4) is 0 Å². The van der Waals surface area contributed by atoms with Crippen molar-refractivity contribution >= 4 is 17.2 Å². The summed E-state index contributed by atoms with van der Waals surface area (Å²) in [5, 5.41) is 7.65. The lowest BCUT2D eigenvalue weighted by molar-refractivity contribution is -0.133. The second-order valence-electron chi connectivity index (χ2n) is 5.86. The molecule has 1 fully saturated rings. The van der Waals surface area contributed by atoms with Crippen molar-refractivity contribution in [1.82, 2.24) is 10.2 Å². The molecule has 2 rings (SSSR count). The van der Waals surface area contributed by atoms with Gasteiger partial charge in [-0.25, -0.2) is 0 Å². The lowest BCUT2D eigenvalue weighted by Crippen LogP contribution is -2.41. The molecule has 2 heterocycles. The predicted octanol–water partition coefficient (Wildman–Crippen LogP) is 2.63. The summed E-state index contributed by atoms with van der Waals surface area (Å²) in [5.74, 6) is 0.691. The summed E-state index contributed by atoms with van der Waals surface area (Å²) >= 11 is 1.66. The lowest BCUT2D eigenvalue weighted by Gasteiger charge is -2.29. The molecule has 20 heavy (non-hydrogen) atoms. The number of rotatable bonds is 6.